The zero-order valence-corrected chi connectivity index (χ0v) is 13.4. The lowest BCUT2D eigenvalue weighted by atomic mass is 10.0. The first-order valence-electron chi connectivity index (χ1n) is 7.36. The van der Waals surface area contributed by atoms with Gasteiger partial charge in [-0.15, -0.1) is 16.4 Å². The van der Waals surface area contributed by atoms with Crippen LogP contribution in [0.25, 0.3) is 0 Å². The number of likely N-dealkylation sites (N-methyl/N-ethyl adjacent to an activating group) is 1. The van der Waals surface area contributed by atoms with Gasteiger partial charge in [0.05, 0.1) is 5.01 Å². The third-order valence-electron chi connectivity index (χ3n) is 3.98. The van der Waals surface area contributed by atoms with Crippen molar-refractivity contribution in [3.05, 3.63) is 34.4 Å². The molecular weight excluding hydrogens is 282 g/mol. The largest absolute Gasteiger partial charge is 0.354 e. The number of rotatable bonds is 4. The van der Waals surface area contributed by atoms with Gasteiger partial charge in [-0.25, -0.2) is 4.98 Å². The van der Waals surface area contributed by atoms with Crippen LogP contribution in [0.5, 0.6) is 0 Å². The molecular formula is C15H21N5S. The van der Waals surface area contributed by atoms with Gasteiger partial charge in [0.15, 0.2) is 5.82 Å². The molecule has 3 rings (SSSR count). The summed E-state index contributed by atoms with van der Waals surface area (Å²) in [4.78, 5) is 10.5. The molecule has 6 heteroatoms. The van der Waals surface area contributed by atoms with E-state index >= 15 is 0 Å². The number of nitrogens with zero attached hydrogens (tertiary/aromatic N) is 5. The van der Waals surface area contributed by atoms with E-state index in [9.17, 15) is 0 Å². The van der Waals surface area contributed by atoms with Gasteiger partial charge in [0.25, 0.3) is 0 Å². The van der Waals surface area contributed by atoms with Crippen molar-refractivity contribution in [2.75, 3.05) is 25.0 Å². The van der Waals surface area contributed by atoms with Crippen LogP contribution in [0.3, 0.4) is 0 Å². The summed E-state index contributed by atoms with van der Waals surface area (Å²) in [7, 11) is 2.21. The fourth-order valence-corrected chi connectivity index (χ4v) is 3.70. The Morgan fingerprint density at radius 1 is 1.48 bits per heavy atom. The van der Waals surface area contributed by atoms with Crippen LogP contribution in [0, 0.1) is 6.92 Å². The molecule has 0 amide bonds. The monoisotopic (exact) mass is 303 g/mol. The van der Waals surface area contributed by atoms with Crippen molar-refractivity contribution >= 4 is 17.2 Å². The minimum Gasteiger partial charge on any atom is -0.354 e. The maximum atomic E-state index is 4.34. The Kier molecular flexibility index (Phi) is 4.45. The average Bonchev–Trinajstić information content (AvgIpc) is 2.93. The lowest BCUT2D eigenvalue weighted by Crippen LogP contribution is -2.46. The van der Waals surface area contributed by atoms with E-state index in [1.165, 1.54) is 17.7 Å². The standard InChI is InChI=1S/C15H21N5S/c1-12-16-9-14(21-12)11-19(2)13-5-4-8-20(10-13)15-6-3-7-17-18-15/h3,6-7,9,13H,4-5,8,10-11H2,1-2H3. The number of piperidine rings is 1. The number of aryl methyl sites for hydroxylation is 1. The molecule has 0 aromatic carbocycles. The second-order valence-electron chi connectivity index (χ2n) is 5.58. The highest BCUT2D eigenvalue weighted by Crippen LogP contribution is 2.22. The minimum atomic E-state index is 0.558. The van der Waals surface area contributed by atoms with E-state index in [0.29, 0.717) is 6.04 Å². The lowest BCUT2D eigenvalue weighted by molar-refractivity contribution is 0.209. The zero-order valence-electron chi connectivity index (χ0n) is 12.6. The van der Waals surface area contributed by atoms with Gasteiger partial charge >= 0.3 is 0 Å². The summed E-state index contributed by atoms with van der Waals surface area (Å²) in [6.45, 7) is 5.13. The third-order valence-corrected chi connectivity index (χ3v) is 4.87. The molecule has 5 nitrogen and oxygen atoms in total. The van der Waals surface area contributed by atoms with Gasteiger partial charge in [0.2, 0.25) is 0 Å². The predicted molar refractivity (Wildman–Crippen MR) is 85.6 cm³/mol. The van der Waals surface area contributed by atoms with E-state index in [-0.39, 0.29) is 0 Å². The van der Waals surface area contributed by atoms with Crippen LogP contribution in [-0.2, 0) is 6.54 Å². The van der Waals surface area contributed by atoms with Crippen LogP contribution >= 0.6 is 11.3 Å². The molecule has 21 heavy (non-hydrogen) atoms. The van der Waals surface area contributed by atoms with Gasteiger partial charge < -0.3 is 4.90 Å². The Bertz CT molecular complexity index is 570. The first-order valence-corrected chi connectivity index (χ1v) is 8.18. The second kappa shape index (κ2) is 6.49. The molecule has 1 fully saturated rings. The number of thiazole rings is 1. The highest BCUT2D eigenvalue weighted by atomic mass is 32.1. The molecule has 0 aliphatic carbocycles. The summed E-state index contributed by atoms with van der Waals surface area (Å²) >= 11 is 1.79. The number of aromatic nitrogens is 3. The molecule has 1 aliphatic rings. The first kappa shape index (κ1) is 14.4. The quantitative estimate of drug-likeness (QED) is 0.867. The molecule has 2 aromatic heterocycles. The highest BCUT2D eigenvalue weighted by molar-refractivity contribution is 7.11. The molecule has 0 saturated carbocycles. The smallest absolute Gasteiger partial charge is 0.151 e. The second-order valence-corrected chi connectivity index (χ2v) is 6.90. The van der Waals surface area contributed by atoms with Crippen LogP contribution in [0.1, 0.15) is 22.7 Å². The molecule has 1 unspecified atom stereocenters. The van der Waals surface area contributed by atoms with E-state index in [1.807, 2.05) is 18.3 Å². The van der Waals surface area contributed by atoms with E-state index < -0.39 is 0 Å². The molecule has 1 atom stereocenters. The normalized spacial score (nSPS) is 19.2. The SMILES string of the molecule is Cc1ncc(CN(C)C2CCCN(c3cccnn3)C2)s1. The van der Waals surface area contributed by atoms with Crippen molar-refractivity contribution < 1.29 is 0 Å². The zero-order chi connectivity index (χ0) is 14.7. The van der Waals surface area contributed by atoms with Crippen LogP contribution < -0.4 is 4.90 Å². The van der Waals surface area contributed by atoms with Crippen LogP contribution in [0.4, 0.5) is 5.82 Å². The summed E-state index contributed by atoms with van der Waals surface area (Å²) in [5.41, 5.74) is 0. The topological polar surface area (TPSA) is 45.2 Å². The molecule has 0 radical (unpaired) electrons. The maximum absolute atomic E-state index is 4.34. The Hall–Kier alpha value is -1.53. The van der Waals surface area contributed by atoms with Crippen LogP contribution in [-0.4, -0.2) is 46.3 Å². The molecule has 0 spiro atoms. The molecule has 1 saturated heterocycles. The van der Waals surface area contributed by atoms with Gasteiger partial charge in [-0.2, -0.15) is 5.10 Å². The van der Waals surface area contributed by atoms with E-state index in [1.54, 1.807) is 17.5 Å². The number of anilines is 1. The Labute approximate surface area is 129 Å². The Balaban J connectivity index is 1.62. The summed E-state index contributed by atoms with van der Waals surface area (Å²) < 4.78 is 0. The summed E-state index contributed by atoms with van der Waals surface area (Å²) in [6, 6.07) is 4.56. The van der Waals surface area contributed by atoms with E-state index in [0.717, 1.165) is 30.5 Å². The summed E-state index contributed by atoms with van der Waals surface area (Å²) in [6.07, 6.45) is 6.17. The van der Waals surface area contributed by atoms with Crippen molar-refractivity contribution in [1.29, 1.82) is 0 Å². The van der Waals surface area contributed by atoms with Gasteiger partial charge in [-0.3, -0.25) is 4.90 Å². The molecule has 0 N–H and O–H groups in total. The van der Waals surface area contributed by atoms with Gasteiger partial charge in [-0.1, -0.05) is 0 Å². The molecule has 1 aliphatic heterocycles. The molecule has 3 heterocycles. The number of hydrogen-bond donors (Lipinski definition) is 0. The van der Waals surface area contributed by atoms with Crippen LogP contribution in [0.2, 0.25) is 0 Å². The van der Waals surface area contributed by atoms with Crippen LogP contribution in [0.15, 0.2) is 24.5 Å². The predicted octanol–water partition coefficient (Wildman–Crippen LogP) is 2.34. The van der Waals surface area contributed by atoms with Gasteiger partial charge in [0.1, 0.15) is 0 Å². The van der Waals surface area contributed by atoms with Crippen molar-refractivity contribution in [2.45, 2.75) is 32.4 Å². The summed E-state index contributed by atoms with van der Waals surface area (Å²) in [5, 5.41) is 9.36. The van der Waals surface area contributed by atoms with Crippen molar-refractivity contribution in [2.24, 2.45) is 0 Å². The van der Waals surface area contributed by atoms with E-state index in [4.69, 9.17) is 0 Å². The lowest BCUT2D eigenvalue weighted by Gasteiger charge is -2.37. The maximum Gasteiger partial charge on any atom is 0.151 e. The third kappa shape index (κ3) is 3.57. The number of hydrogen-bond acceptors (Lipinski definition) is 6. The van der Waals surface area contributed by atoms with Crippen molar-refractivity contribution in [1.82, 2.24) is 20.1 Å². The van der Waals surface area contributed by atoms with E-state index in [2.05, 4.69) is 39.0 Å². The Morgan fingerprint density at radius 2 is 2.38 bits per heavy atom. The minimum absolute atomic E-state index is 0.558. The fourth-order valence-electron chi connectivity index (χ4n) is 2.84. The summed E-state index contributed by atoms with van der Waals surface area (Å²) in [5.74, 6) is 0.990. The molecule has 2 aromatic rings. The molecule has 0 bridgehead atoms. The van der Waals surface area contributed by atoms with Crippen molar-refractivity contribution in [3.63, 3.8) is 0 Å². The average molecular weight is 303 g/mol. The highest BCUT2D eigenvalue weighted by Gasteiger charge is 2.24. The van der Waals surface area contributed by atoms with Crippen molar-refractivity contribution in [3.8, 4) is 0 Å². The Morgan fingerprint density at radius 3 is 3.10 bits per heavy atom. The van der Waals surface area contributed by atoms with Gasteiger partial charge in [0, 0.05) is 42.9 Å². The molecule has 112 valence electrons. The fraction of sp³-hybridized carbons (Fsp3) is 0.533. The van der Waals surface area contributed by atoms with Gasteiger partial charge in [-0.05, 0) is 38.9 Å². The first-order chi connectivity index (χ1) is 10.2.